The molecular weight excluding hydrogens is 280 g/mol. The Morgan fingerprint density at radius 2 is 1.91 bits per heavy atom. The van der Waals surface area contributed by atoms with Gasteiger partial charge in [-0.1, -0.05) is 55.5 Å². The molecule has 0 heterocycles. The maximum atomic E-state index is 6.35. The van der Waals surface area contributed by atoms with Crippen molar-refractivity contribution < 1.29 is 0 Å². The van der Waals surface area contributed by atoms with Crippen LogP contribution in [0.3, 0.4) is 0 Å². The van der Waals surface area contributed by atoms with E-state index in [1.54, 1.807) is 0 Å². The summed E-state index contributed by atoms with van der Waals surface area (Å²) in [7, 11) is 0. The van der Waals surface area contributed by atoms with Gasteiger partial charge in [-0.15, -0.1) is 6.58 Å². The minimum absolute atomic E-state index is 0.0633. The molecule has 23 heavy (non-hydrogen) atoms. The van der Waals surface area contributed by atoms with Gasteiger partial charge in [0.2, 0.25) is 0 Å². The first kappa shape index (κ1) is 17.3. The third-order valence-corrected chi connectivity index (χ3v) is 4.12. The smallest absolute Gasteiger partial charge is 0.0768 e. The predicted molar refractivity (Wildman–Crippen MR) is 103 cm³/mol. The number of hydrogen-bond acceptors (Lipinski definition) is 2. The highest BCUT2D eigenvalue weighted by atomic mass is 15.2. The summed E-state index contributed by atoms with van der Waals surface area (Å²) in [5.74, 6) is 0. The summed E-state index contributed by atoms with van der Waals surface area (Å²) in [5, 5.41) is 2.54. The minimum Gasteiger partial charge on any atom is -0.356 e. The van der Waals surface area contributed by atoms with Crippen molar-refractivity contribution in [1.29, 1.82) is 0 Å². The fourth-order valence-electron chi connectivity index (χ4n) is 2.75. The van der Waals surface area contributed by atoms with Crippen molar-refractivity contribution in [2.45, 2.75) is 38.8 Å². The van der Waals surface area contributed by atoms with Crippen molar-refractivity contribution in [3.05, 3.63) is 67.3 Å². The first-order valence-corrected chi connectivity index (χ1v) is 8.53. The molecule has 0 saturated carbocycles. The molecule has 0 aliphatic rings. The number of nitrogens with two attached hydrogens (primary N) is 1. The summed E-state index contributed by atoms with van der Waals surface area (Å²) in [6, 6.07) is 15.1. The summed E-state index contributed by atoms with van der Waals surface area (Å²) in [6.45, 7) is 6.85. The Morgan fingerprint density at radius 3 is 2.65 bits per heavy atom. The van der Waals surface area contributed by atoms with Crippen molar-refractivity contribution in [3.8, 4) is 0 Å². The highest BCUT2D eigenvalue weighted by Crippen LogP contribution is 2.24. The molecule has 0 radical (unpaired) electrons. The Kier molecular flexibility index (Phi) is 6.89. The molecule has 0 spiro atoms. The topological polar surface area (TPSA) is 29.3 Å². The Labute approximate surface area is 140 Å². The zero-order valence-corrected chi connectivity index (χ0v) is 14.1. The average molecular weight is 308 g/mol. The molecule has 0 aliphatic carbocycles. The molecule has 0 fully saturated rings. The second-order valence-electron chi connectivity index (χ2n) is 5.84. The van der Waals surface area contributed by atoms with Gasteiger partial charge in [0.25, 0.3) is 0 Å². The number of nitrogens with zero attached hydrogens (tertiary/aromatic N) is 1. The summed E-state index contributed by atoms with van der Waals surface area (Å²) < 4.78 is 0. The van der Waals surface area contributed by atoms with Gasteiger partial charge in [0.05, 0.1) is 6.17 Å². The summed E-state index contributed by atoms with van der Waals surface area (Å²) in [5.41, 5.74) is 7.57. The van der Waals surface area contributed by atoms with Crippen molar-refractivity contribution in [2.75, 3.05) is 11.4 Å². The van der Waals surface area contributed by atoms with E-state index in [9.17, 15) is 0 Å². The van der Waals surface area contributed by atoms with E-state index in [4.69, 9.17) is 5.73 Å². The van der Waals surface area contributed by atoms with Crippen LogP contribution in [-0.2, 0) is 0 Å². The normalized spacial score (nSPS) is 12.6. The minimum atomic E-state index is 0.0633. The lowest BCUT2D eigenvalue weighted by molar-refractivity contribution is 0.581. The van der Waals surface area contributed by atoms with Gasteiger partial charge in [-0.05, 0) is 48.6 Å². The van der Waals surface area contributed by atoms with Gasteiger partial charge in [0, 0.05) is 12.2 Å². The molecule has 0 bridgehead atoms. The zero-order chi connectivity index (χ0) is 16.5. The monoisotopic (exact) mass is 308 g/mol. The molecule has 2 aromatic carbocycles. The van der Waals surface area contributed by atoms with Gasteiger partial charge in [0.1, 0.15) is 0 Å². The summed E-state index contributed by atoms with van der Waals surface area (Å²) in [6.07, 6.45) is 10.5. The molecule has 2 rings (SSSR count). The lowest BCUT2D eigenvalue weighted by atomic mass is 10.1. The van der Waals surface area contributed by atoms with Crippen molar-refractivity contribution in [3.63, 3.8) is 0 Å². The maximum absolute atomic E-state index is 6.35. The average Bonchev–Trinajstić information content (AvgIpc) is 2.60. The highest BCUT2D eigenvalue weighted by Gasteiger charge is 2.13. The van der Waals surface area contributed by atoms with E-state index in [1.165, 1.54) is 16.5 Å². The van der Waals surface area contributed by atoms with Gasteiger partial charge in [0.15, 0.2) is 0 Å². The SMILES string of the molecule is C=CC/C=C\CCCN(c1ccc2ccccc2c1)C(N)CC. The van der Waals surface area contributed by atoms with Crippen LogP contribution in [0.25, 0.3) is 10.8 Å². The van der Waals surface area contributed by atoms with Gasteiger partial charge in [-0.2, -0.15) is 0 Å². The van der Waals surface area contributed by atoms with Crippen LogP contribution in [0.5, 0.6) is 0 Å². The lowest BCUT2D eigenvalue weighted by Gasteiger charge is -2.30. The van der Waals surface area contributed by atoms with Crippen LogP contribution in [0, 0.1) is 0 Å². The van der Waals surface area contributed by atoms with Crippen LogP contribution in [0.4, 0.5) is 5.69 Å². The number of hydrogen-bond donors (Lipinski definition) is 1. The van der Waals surface area contributed by atoms with Crippen LogP contribution in [0.15, 0.2) is 67.3 Å². The molecule has 0 saturated heterocycles. The first-order chi connectivity index (χ1) is 11.3. The third kappa shape index (κ3) is 4.97. The molecule has 2 aromatic rings. The zero-order valence-electron chi connectivity index (χ0n) is 14.1. The fourth-order valence-corrected chi connectivity index (χ4v) is 2.75. The summed E-state index contributed by atoms with van der Waals surface area (Å²) >= 11 is 0. The van der Waals surface area contributed by atoms with Gasteiger partial charge in [-0.3, -0.25) is 0 Å². The molecule has 122 valence electrons. The predicted octanol–water partition coefficient (Wildman–Crippen LogP) is 5.25. The second kappa shape index (κ2) is 9.16. The van der Waals surface area contributed by atoms with Crippen LogP contribution >= 0.6 is 0 Å². The number of benzene rings is 2. The number of rotatable bonds is 9. The van der Waals surface area contributed by atoms with Crippen LogP contribution in [-0.4, -0.2) is 12.7 Å². The number of fused-ring (bicyclic) bond motifs is 1. The van der Waals surface area contributed by atoms with Gasteiger partial charge >= 0.3 is 0 Å². The van der Waals surface area contributed by atoms with E-state index in [1.807, 2.05) is 6.08 Å². The molecule has 0 amide bonds. The van der Waals surface area contributed by atoms with Crippen molar-refractivity contribution >= 4 is 16.5 Å². The second-order valence-corrected chi connectivity index (χ2v) is 5.84. The van der Waals surface area contributed by atoms with Crippen LogP contribution < -0.4 is 10.6 Å². The van der Waals surface area contributed by atoms with E-state index in [-0.39, 0.29) is 6.17 Å². The molecule has 1 atom stereocenters. The number of allylic oxidation sites excluding steroid dienone is 3. The Bertz CT molecular complexity index is 645. The van der Waals surface area contributed by atoms with E-state index in [2.05, 4.69) is 73.0 Å². The quantitative estimate of drug-likeness (QED) is 0.389. The molecule has 1 unspecified atom stereocenters. The molecule has 0 aromatic heterocycles. The molecular formula is C21H28N2. The Hall–Kier alpha value is -2.06. The lowest BCUT2D eigenvalue weighted by Crippen LogP contribution is -2.42. The largest absolute Gasteiger partial charge is 0.356 e. The van der Waals surface area contributed by atoms with Gasteiger partial charge in [-0.25, -0.2) is 0 Å². The Morgan fingerprint density at radius 1 is 1.13 bits per heavy atom. The van der Waals surface area contributed by atoms with E-state index in [0.29, 0.717) is 0 Å². The van der Waals surface area contributed by atoms with E-state index < -0.39 is 0 Å². The maximum Gasteiger partial charge on any atom is 0.0768 e. The van der Waals surface area contributed by atoms with Crippen molar-refractivity contribution in [2.24, 2.45) is 5.73 Å². The van der Waals surface area contributed by atoms with Crippen LogP contribution in [0.2, 0.25) is 0 Å². The van der Waals surface area contributed by atoms with E-state index >= 15 is 0 Å². The molecule has 2 N–H and O–H groups in total. The number of unbranched alkanes of at least 4 members (excludes halogenated alkanes) is 1. The van der Waals surface area contributed by atoms with E-state index in [0.717, 1.165) is 32.2 Å². The summed E-state index contributed by atoms with van der Waals surface area (Å²) in [4.78, 5) is 2.33. The Balaban J connectivity index is 2.08. The van der Waals surface area contributed by atoms with Crippen molar-refractivity contribution in [1.82, 2.24) is 0 Å². The molecule has 2 nitrogen and oxygen atoms in total. The number of anilines is 1. The fraction of sp³-hybridized carbons (Fsp3) is 0.333. The van der Waals surface area contributed by atoms with Crippen LogP contribution in [0.1, 0.15) is 32.6 Å². The molecule has 0 aliphatic heterocycles. The third-order valence-electron chi connectivity index (χ3n) is 4.12. The highest BCUT2D eigenvalue weighted by molar-refractivity contribution is 5.85. The molecule has 2 heteroatoms. The standard InChI is InChI=1S/C21H28N2/c1-3-5-6-7-8-11-16-23(21(22)4-2)20-15-14-18-12-9-10-13-19(18)17-20/h3,6-7,9-10,12-15,17,21H,1,4-5,8,11,16,22H2,2H3/b7-6-. The van der Waals surface area contributed by atoms with Gasteiger partial charge < -0.3 is 10.6 Å². The first-order valence-electron chi connectivity index (χ1n) is 8.53.